The van der Waals surface area contributed by atoms with E-state index in [-0.39, 0.29) is 16.5 Å². The summed E-state index contributed by atoms with van der Waals surface area (Å²) in [4.78, 5) is 28.6. The lowest BCUT2D eigenvalue weighted by atomic mass is 10.1. The van der Waals surface area contributed by atoms with E-state index in [1.807, 2.05) is 12.1 Å². The van der Waals surface area contributed by atoms with Gasteiger partial charge in [0, 0.05) is 45.4 Å². The normalized spacial score (nSPS) is 16.8. The lowest BCUT2D eigenvalue weighted by molar-refractivity contribution is -0.385. The van der Waals surface area contributed by atoms with Crippen molar-refractivity contribution < 1.29 is 9.72 Å². The molecule has 0 bridgehead atoms. The first-order valence-corrected chi connectivity index (χ1v) is 7.84. The predicted molar refractivity (Wildman–Crippen MR) is 88.1 cm³/mol. The SMILES string of the molecule is CN(C)C(=O)CN1CCCN(Cc2ccccc2[N+](=O)[O-])CC1. The molecular weight excluding hydrogens is 296 g/mol. The molecule has 0 atom stereocenters. The molecule has 23 heavy (non-hydrogen) atoms. The summed E-state index contributed by atoms with van der Waals surface area (Å²) in [5.74, 6) is 0.108. The van der Waals surface area contributed by atoms with Gasteiger partial charge in [-0.2, -0.15) is 0 Å². The van der Waals surface area contributed by atoms with Crippen LogP contribution in [0, 0.1) is 10.1 Å². The molecule has 126 valence electrons. The standard InChI is InChI=1S/C16H24N4O3/c1-17(2)16(21)13-19-9-5-8-18(10-11-19)12-14-6-3-4-7-15(14)20(22)23/h3-4,6-7H,5,8-13H2,1-2H3. The highest BCUT2D eigenvalue weighted by atomic mass is 16.6. The van der Waals surface area contributed by atoms with Gasteiger partial charge in [0.2, 0.25) is 5.91 Å². The van der Waals surface area contributed by atoms with Crippen LogP contribution in [-0.4, -0.2) is 72.3 Å². The summed E-state index contributed by atoms with van der Waals surface area (Å²) in [5.41, 5.74) is 0.923. The third kappa shape index (κ3) is 5.01. The number of benzene rings is 1. The van der Waals surface area contributed by atoms with Crippen molar-refractivity contribution in [3.05, 3.63) is 39.9 Å². The fourth-order valence-electron chi connectivity index (χ4n) is 2.74. The van der Waals surface area contributed by atoms with Gasteiger partial charge in [-0.15, -0.1) is 0 Å². The number of nitro groups is 1. The smallest absolute Gasteiger partial charge is 0.273 e. The predicted octanol–water partition coefficient (Wildman–Crippen LogP) is 1.19. The van der Waals surface area contributed by atoms with Crippen LogP contribution in [0.1, 0.15) is 12.0 Å². The van der Waals surface area contributed by atoms with Crippen LogP contribution in [-0.2, 0) is 11.3 Å². The maximum atomic E-state index is 11.8. The molecule has 7 nitrogen and oxygen atoms in total. The number of para-hydroxylation sites is 1. The topological polar surface area (TPSA) is 69.9 Å². The monoisotopic (exact) mass is 320 g/mol. The maximum Gasteiger partial charge on any atom is 0.273 e. The molecule has 0 aliphatic carbocycles. The number of carbonyl (C=O) groups is 1. The number of rotatable bonds is 5. The zero-order valence-electron chi connectivity index (χ0n) is 13.8. The average Bonchev–Trinajstić information content (AvgIpc) is 2.73. The van der Waals surface area contributed by atoms with Gasteiger partial charge >= 0.3 is 0 Å². The summed E-state index contributed by atoms with van der Waals surface area (Å²) >= 11 is 0. The molecule has 1 saturated heterocycles. The van der Waals surface area contributed by atoms with Crippen molar-refractivity contribution in [2.75, 3.05) is 46.8 Å². The van der Waals surface area contributed by atoms with Crippen molar-refractivity contribution in [3.63, 3.8) is 0 Å². The highest BCUT2D eigenvalue weighted by Crippen LogP contribution is 2.20. The zero-order chi connectivity index (χ0) is 16.8. The van der Waals surface area contributed by atoms with Crippen LogP contribution in [0.3, 0.4) is 0 Å². The van der Waals surface area contributed by atoms with Gasteiger partial charge in [0.15, 0.2) is 0 Å². The largest absolute Gasteiger partial charge is 0.348 e. The number of nitro benzene ring substituents is 1. The number of hydrogen-bond donors (Lipinski definition) is 0. The van der Waals surface area contributed by atoms with E-state index in [9.17, 15) is 14.9 Å². The highest BCUT2D eigenvalue weighted by Gasteiger charge is 2.20. The first kappa shape index (κ1) is 17.4. The van der Waals surface area contributed by atoms with E-state index in [2.05, 4.69) is 9.80 Å². The molecule has 0 N–H and O–H groups in total. The molecule has 2 rings (SSSR count). The first-order chi connectivity index (χ1) is 11.0. The minimum Gasteiger partial charge on any atom is -0.348 e. The number of amides is 1. The minimum absolute atomic E-state index is 0.108. The van der Waals surface area contributed by atoms with E-state index in [0.29, 0.717) is 13.1 Å². The van der Waals surface area contributed by atoms with Crippen LogP contribution in [0.4, 0.5) is 5.69 Å². The molecule has 1 aromatic rings. The molecule has 0 radical (unpaired) electrons. The first-order valence-electron chi connectivity index (χ1n) is 7.84. The van der Waals surface area contributed by atoms with E-state index >= 15 is 0 Å². The third-order valence-corrected chi connectivity index (χ3v) is 4.12. The quantitative estimate of drug-likeness (QED) is 0.602. The van der Waals surface area contributed by atoms with Gasteiger partial charge in [-0.05, 0) is 19.5 Å². The van der Waals surface area contributed by atoms with Crippen LogP contribution < -0.4 is 0 Å². The van der Waals surface area contributed by atoms with E-state index < -0.39 is 0 Å². The summed E-state index contributed by atoms with van der Waals surface area (Å²) < 4.78 is 0. The van der Waals surface area contributed by atoms with Gasteiger partial charge < -0.3 is 4.90 Å². The summed E-state index contributed by atoms with van der Waals surface area (Å²) in [6.07, 6.45) is 0.960. The van der Waals surface area contributed by atoms with Gasteiger partial charge in [-0.3, -0.25) is 24.7 Å². The second-order valence-electron chi connectivity index (χ2n) is 6.08. The molecule has 1 aliphatic rings. The zero-order valence-corrected chi connectivity index (χ0v) is 13.8. The molecule has 1 fully saturated rings. The molecule has 1 heterocycles. The van der Waals surface area contributed by atoms with E-state index in [1.54, 1.807) is 31.1 Å². The minimum atomic E-state index is -0.324. The van der Waals surface area contributed by atoms with Crippen LogP contribution in [0.15, 0.2) is 24.3 Å². The van der Waals surface area contributed by atoms with Gasteiger partial charge in [0.1, 0.15) is 0 Å². The molecule has 0 aromatic heterocycles. The van der Waals surface area contributed by atoms with Gasteiger partial charge in [-0.25, -0.2) is 0 Å². The fraction of sp³-hybridized carbons (Fsp3) is 0.562. The Bertz CT molecular complexity index is 562. The Kier molecular flexibility index (Phi) is 6.06. The van der Waals surface area contributed by atoms with Crippen molar-refractivity contribution in [2.45, 2.75) is 13.0 Å². The lowest BCUT2D eigenvalue weighted by Crippen LogP contribution is -2.38. The molecule has 1 aromatic carbocycles. The summed E-state index contributed by atoms with van der Waals surface area (Å²) in [6.45, 7) is 4.40. The lowest BCUT2D eigenvalue weighted by Gasteiger charge is -2.22. The van der Waals surface area contributed by atoms with Crippen molar-refractivity contribution in [1.29, 1.82) is 0 Å². The van der Waals surface area contributed by atoms with Crippen LogP contribution >= 0.6 is 0 Å². The second kappa shape index (κ2) is 8.03. The number of hydrogen-bond acceptors (Lipinski definition) is 5. The van der Waals surface area contributed by atoms with Crippen molar-refractivity contribution in [2.24, 2.45) is 0 Å². The number of likely N-dealkylation sites (N-methyl/N-ethyl adjacent to an activating group) is 1. The Morgan fingerprint density at radius 2 is 1.83 bits per heavy atom. The van der Waals surface area contributed by atoms with Crippen LogP contribution in [0.5, 0.6) is 0 Å². The number of nitrogens with zero attached hydrogens (tertiary/aromatic N) is 4. The summed E-state index contributed by atoms with van der Waals surface area (Å²) in [6, 6.07) is 6.90. The van der Waals surface area contributed by atoms with Crippen molar-refractivity contribution in [1.82, 2.24) is 14.7 Å². The summed E-state index contributed by atoms with van der Waals surface area (Å²) in [5, 5.41) is 11.1. The van der Waals surface area contributed by atoms with Crippen LogP contribution in [0.25, 0.3) is 0 Å². The van der Waals surface area contributed by atoms with Crippen LogP contribution in [0.2, 0.25) is 0 Å². The fourth-order valence-corrected chi connectivity index (χ4v) is 2.74. The second-order valence-corrected chi connectivity index (χ2v) is 6.08. The Labute approximate surface area is 136 Å². The van der Waals surface area contributed by atoms with E-state index in [4.69, 9.17) is 0 Å². The molecule has 0 unspecified atom stereocenters. The Hall–Kier alpha value is -1.99. The third-order valence-electron chi connectivity index (χ3n) is 4.12. The van der Waals surface area contributed by atoms with Gasteiger partial charge in [-0.1, -0.05) is 18.2 Å². The van der Waals surface area contributed by atoms with Gasteiger partial charge in [0.25, 0.3) is 5.69 Å². The van der Waals surface area contributed by atoms with E-state index in [1.165, 1.54) is 0 Å². The van der Waals surface area contributed by atoms with Crippen molar-refractivity contribution >= 4 is 11.6 Å². The Morgan fingerprint density at radius 3 is 2.52 bits per heavy atom. The molecule has 1 amide bonds. The average molecular weight is 320 g/mol. The molecule has 1 aliphatic heterocycles. The Morgan fingerprint density at radius 1 is 1.17 bits per heavy atom. The van der Waals surface area contributed by atoms with E-state index in [0.717, 1.165) is 38.2 Å². The summed E-state index contributed by atoms with van der Waals surface area (Å²) in [7, 11) is 3.53. The number of carbonyl (C=O) groups excluding carboxylic acids is 1. The van der Waals surface area contributed by atoms with Gasteiger partial charge in [0.05, 0.1) is 11.5 Å². The highest BCUT2D eigenvalue weighted by molar-refractivity contribution is 5.77. The Balaban J connectivity index is 1.94. The molecular formula is C16H24N4O3. The maximum absolute atomic E-state index is 11.8. The molecule has 7 heteroatoms. The molecule has 0 spiro atoms. The van der Waals surface area contributed by atoms with Crippen molar-refractivity contribution in [3.8, 4) is 0 Å². The molecule has 0 saturated carbocycles.